The average Bonchev–Trinajstić information content (AvgIpc) is 2.58. The second-order valence-electron chi connectivity index (χ2n) is 3.25. The molecule has 0 saturated carbocycles. The molecule has 4 nitrogen and oxygen atoms in total. The van der Waals surface area contributed by atoms with Gasteiger partial charge in [-0.2, -0.15) is 0 Å². The number of hydrogen-bond donors (Lipinski definition) is 0. The third-order valence-electron chi connectivity index (χ3n) is 1.95. The van der Waals surface area contributed by atoms with Crippen molar-refractivity contribution in [3.63, 3.8) is 0 Å². The molecule has 0 unspecified atom stereocenters. The molecular weight excluding hydrogens is 199 g/mol. The summed E-state index contributed by atoms with van der Waals surface area (Å²) < 4.78 is 19.0. The molecule has 0 fully saturated rings. The smallest absolute Gasteiger partial charge is 0.251 e. The minimum atomic E-state index is -0.453. The number of pyridine rings is 1. The van der Waals surface area contributed by atoms with Crippen LogP contribution in [0.3, 0.4) is 0 Å². The van der Waals surface area contributed by atoms with Gasteiger partial charge in [0.15, 0.2) is 5.76 Å². The molecule has 0 radical (unpaired) electrons. The largest absolute Gasteiger partial charge is 0.359 e. The van der Waals surface area contributed by atoms with Gasteiger partial charge in [-0.15, -0.1) is 0 Å². The van der Waals surface area contributed by atoms with Gasteiger partial charge >= 0.3 is 0 Å². The van der Waals surface area contributed by atoms with E-state index in [1.165, 1.54) is 10.6 Å². The van der Waals surface area contributed by atoms with E-state index >= 15 is 0 Å². The molecule has 0 aromatic carbocycles. The van der Waals surface area contributed by atoms with Crippen molar-refractivity contribution < 1.29 is 8.91 Å². The summed E-state index contributed by atoms with van der Waals surface area (Å²) in [5, 5.41) is 3.68. The van der Waals surface area contributed by atoms with Gasteiger partial charge in [-0.05, 0) is 13.0 Å². The Hall–Kier alpha value is -1.91. The number of hydrogen-bond acceptors (Lipinski definition) is 3. The normalized spacial score (nSPS) is 10.5. The predicted octanol–water partition coefficient (Wildman–Crippen LogP) is 1.33. The van der Waals surface area contributed by atoms with E-state index in [-0.39, 0.29) is 12.1 Å². The molecule has 5 heteroatoms. The highest BCUT2D eigenvalue weighted by Gasteiger charge is 2.04. The van der Waals surface area contributed by atoms with Gasteiger partial charge in [0.05, 0.1) is 12.2 Å². The number of rotatable bonds is 2. The predicted molar refractivity (Wildman–Crippen MR) is 51.0 cm³/mol. The molecule has 0 atom stereocenters. The number of nitrogens with zero attached hydrogens (tertiary/aromatic N) is 2. The van der Waals surface area contributed by atoms with Gasteiger partial charge in [-0.1, -0.05) is 5.16 Å². The van der Waals surface area contributed by atoms with Gasteiger partial charge in [0.2, 0.25) is 0 Å². The van der Waals surface area contributed by atoms with E-state index in [4.69, 9.17) is 4.52 Å². The van der Waals surface area contributed by atoms with E-state index in [1.54, 1.807) is 13.0 Å². The summed E-state index contributed by atoms with van der Waals surface area (Å²) in [6, 6.07) is 4.01. The third kappa shape index (κ3) is 2.12. The molecule has 78 valence electrons. The molecule has 0 saturated heterocycles. The molecule has 0 aliphatic heterocycles. The third-order valence-corrected chi connectivity index (χ3v) is 1.95. The molecule has 0 N–H and O–H groups in total. The topological polar surface area (TPSA) is 48.0 Å². The van der Waals surface area contributed by atoms with Crippen molar-refractivity contribution in [3.05, 3.63) is 52.0 Å². The Morgan fingerprint density at radius 1 is 1.53 bits per heavy atom. The number of aryl methyl sites for hydroxylation is 1. The van der Waals surface area contributed by atoms with Crippen LogP contribution in [0.4, 0.5) is 4.39 Å². The van der Waals surface area contributed by atoms with Crippen molar-refractivity contribution in [2.75, 3.05) is 0 Å². The van der Waals surface area contributed by atoms with Crippen LogP contribution in [-0.2, 0) is 6.54 Å². The van der Waals surface area contributed by atoms with Crippen molar-refractivity contribution in [2.45, 2.75) is 13.5 Å². The SMILES string of the molecule is Cc1cc(Cn2cc(F)ccc2=O)on1. The summed E-state index contributed by atoms with van der Waals surface area (Å²) in [6.07, 6.45) is 1.14. The summed E-state index contributed by atoms with van der Waals surface area (Å²) in [4.78, 5) is 11.3. The van der Waals surface area contributed by atoms with Crippen LogP contribution in [0.1, 0.15) is 11.5 Å². The Kier molecular flexibility index (Phi) is 2.37. The lowest BCUT2D eigenvalue weighted by atomic mass is 10.3. The van der Waals surface area contributed by atoms with E-state index < -0.39 is 5.82 Å². The maximum atomic E-state index is 12.8. The lowest BCUT2D eigenvalue weighted by Crippen LogP contribution is -2.19. The first-order valence-corrected chi connectivity index (χ1v) is 4.43. The molecule has 0 aliphatic rings. The fraction of sp³-hybridized carbons (Fsp3) is 0.200. The molecule has 0 spiro atoms. The Morgan fingerprint density at radius 2 is 2.33 bits per heavy atom. The molecule has 2 rings (SSSR count). The lowest BCUT2D eigenvalue weighted by molar-refractivity contribution is 0.370. The van der Waals surface area contributed by atoms with Crippen molar-refractivity contribution in [1.29, 1.82) is 0 Å². The average molecular weight is 208 g/mol. The first-order chi connectivity index (χ1) is 7.15. The minimum absolute atomic E-state index is 0.192. The number of halogens is 1. The van der Waals surface area contributed by atoms with Crippen LogP contribution in [0.5, 0.6) is 0 Å². The molecule has 15 heavy (non-hydrogen) atoms. The van der Waals surface area contributed by atoms with Crippen LogP contribution in [0.2, 0.25) is 0 Å². The Balaban J connectivity index is 2.31. The maximum absolute atomic E-state index is 12.8. The molecule has 0 amide bonds. The standard InChI is InChI=1S/C10H9FN2O2/c1-7-4-9(15-12-7)6-13-5-8(11)2-3-10(13)14/h2-5H,6H2,1H3. The highest BCUT2D eigenvalue weighted by molar-refractivity contribution is 5.05. The summed E-state index contributed by atoms with van der Waals surface area (Å²) in [7, 11) is 0. The second kappa shape index (κ2) is 3.68. The van der Waals surface area contributed by atoms with E-state index in [0.29, 0.717) is 5.76 Å². The Labute approximate surface area is 84.9 Å². The highest BCUT2D eigenvalue weighted by Crippen LogP contribution is 2.03. The quantitative estimate of drug-likeness (QED) is 0.748. The van der Waals surface area contributed by atoms with Crippen LogP contribution in [0.25, 0.3) is 0 Å². The maximum Gasteiger partial charge on any atom is 0.251 e. The van der Waals surface area contributed by atoms with Gasteiger partial charge in [-0.3, -0.25) is 4.79 Å². The molecular formula is C10H9FN2O2. The Bertz CT molecular complexity index is 530. The molecule has 0 aliphatic carbocycles. The highest BCUT2D eigenvalue weighted by atomic mass is 19.1. The van der Waals surface area contributed by atoms with Gasteiger partial charge in [0.25, 0.3) is 5.56 Å². The molecule has 2 aromatic rings. The fourth-order valence-electron chi connectivity index (χ4n) is 1.28. The zero-order valence-electron chi connectivity index (χ0n) is 8.11. The minimum Gasteiger partial charge on any atom is -0.359 e. The van der Waals surface area contributed by atoms with Crippen LogP contribution in [0, 0.1) is 12.7 Å². The van der Waals surface area contributed by atoms with Gasteiger partial charge in [-0.25, -0.2) is 4.39 Å². The number of aromatic nitrogens is 2. The van der Waals surface area contributed by atoms with Gasteiger partial charge < -0.3 is 9.09 Å². The van der Waals surface area contributed by atoms with Crippen LogP contribution in [0.15, 0.2) is 33.7 Å². The second-order valence-corrected chi connectivity index (χ2v) is 3.25. The van der Waals surface area contributed by atoms with E-state index in [2.05, 4.69) is 5.16 Å². The summed E-state index contributed by atoms with van der Waals surface area (Å²) in [5.74, 6) is 0.0750. The van der Waals surface area contributed by atoms with Crippen LogP contribution in [-0.4, -0.2) is 9.72 Å². The Morgan fingerprint density at radius 3 is 3.00 bits per heavy atom. The monoisotopic (exact) mass is 208 g/mol. The molecule has 0 bridgehead atoms. The van der Waals surface area contributed by atoms with Gasteiger partial charge in [0, 0.05) is 18.3 Å². The first-order valence-electron chi connectivity index (χ1n) is 4.43. The first kappa shape index (κ1) is 9.64. The van der Waals surface area contributed by atoms with E-state index in [9.17, 15) is 9.18 Å². The molecule has 2 heterocycles. The van der Waals surface area contributed by atoms with Gasteiger partial charge in [0.1, 0.15) is 5.82 Å². The van der Waals surface area contributed by atoms with Crippen molar-refractivity contribution in [2.24, 2.45) is 0 Å². The summed E-state index contributed by atoms with van der Waals surface area (Å²) >= 11 is 0. The van der Waals surface area contributed by atoms with E-state index in [1.807, 2.05) is 0 Å². The summed E-state index contributed by atoms with van der Waals surface area (Å²) in [6.45, 7) is 1.97. The fourth-order valence-corrected chi connectivity index (χ4v) is 1.28. The zero-order chi connectivity index (χ0) is 10.8. The van der Waals surface area contributed by atoms with Crippen LogP contribution >= 0.6 is 0 Å². The van der Waals surface area contributed by atoms with Crippen LogP contribution < -0.4 is 5.56 Å². The zero-order valence-corrected chi connectivity index (χ0v) is 8.11. The van der Waals surface area contributed by atoms with Crippen molar-refractivity contribution >= 4 is 0 Å². The van der Waals surface area contributed by atoms with Crippen molar-refractivity contribution in [1.82, 2.24) is 9.72 Å². The molecule has 2 aromatic heterocycles. The van der Waals surface area contributed by atoms with Crippen molar-refractivity contribution in [3.8, 4) is 0 Å². The van der Waals surface area contributed by atoms with E-state index in [0.717, 1.165) is 18.0 Å². The summed E-state index contributed by atoms with van der Waals surface area (Å²) in [5.41, 5.74) is 0.458. The lowest BCUT2D eigenvalue weighted by Gasteiger charge is -2.01.